The van der Waals surface area contributed by atoms with Gasteiger partial charge in [-0.15, -0.1) is 0 Å². The Labute approximate surface area is 173 Å². The Bertz CT molecular complexity index is 583. The van der Waals surface area contributed by atoms with Crippen molar-refractivity contribution >= 4 is 23.6 Å². The van der Waals surface area contributed by atoms with Crippen LogP contribution >= 0.6 is 0 Å². The van der Waals surface area contributed by atoms with Crippen LogP contribution in [0.2, 0.25) is 0 Å². The minimum atomic E-state index is -0.283. The van der Waals surface area contributed by atoms with E-state index in [9.17, 15) is 19.2 Å². The summed E-state index contributed by atoms with van der Waals surface area (Å²) in [7, 11) is 0. The molecule has 0 radical (unpaired) electrons. The van der Waals surface area contributed by atoms with Crippen molar-refractivity contribution in [2.75, 3.05) is 26.2 Å². The van der Waals surface area contributed by atoms with Gasteiger partial charge in [0, 0.05) is 52.9 Å². The lowest BCUT2D eigenvalue weighted by Gasteiger charge is -2.48. The van der Waals surface area contributed by atoms with Crippen molar-refractivity contribution in [2.24, 2.45) is 0 Å². The number of carbonyl (C=O) groups is 4. The van der Waals surface area contributed by atoms with Crippen molar-refractivity contribution in [3.63, 3.8) is 0 Å². The predicted molar refractivity (Wildman–Crippen MR) is 110 cm³/mol. The van der Waals surface area contributed by atoms with E-state index in [0.29, 0.717) is 39.0 Å². The van der Waals surface area contributed by atoms with Gasteiger partial charge in [0.05, 0.1) is 11.1 Å². The van der Waals surface area contributed by atoms with E-state index in [1.54, 1.807) is 23.6 Å². The zero-order chi connectivity index (χ0) is 21.7. The molecule has 8 heteroatoms. The van der Waals surface area contributed by atoms with Crippen molar-refractivity contribution < 1.29 is 19.2 Å². The van der Waals surface area contributed by atoms with Crippen LogP contribution in [0.25, 0.3) is 0 Å². The summed E-state index contributed by atoms with van der Waals surface area (Å²) in [5, 5.41) is 6.05. The molecule has 2 N–H and O–H groups in total. The van der Waals surface area contributed by atoms with E-state index in [4.69, 9.17) is 0 Å². The normalized spacial score (nSPS) is 19.0. The van der Waals surface area contributed by atoms with Crippen molar-refractivity contribution in [3.8, 4) is 0 Å². The fourth-order valence-electron chi connectivity index (χ4n) is 4.10. The molecule has 0 aromatic heterocycles. The Balaban J connectivity index is 1.45. The topological polar surface area (TPSA) is 98.8 Å². The summed E-state index contributed by atoms with van der Waals surface area (Å²) in [5.41, 5.74) is -0.566. The Morgan fingerprint density at radius 1 is 0.655 bits per heavy atom. The van der Waals surface area contributed by atoms with E-state index in [1.807, 2.05) is 13.8 Å². The van der Waals surface area contributed by atoms with Crippen molar-refractivity contribution in [1.29, 1.82) is 0 Å². The molecule has 0 saturated carbocycles. The molecule has 2 aliphatic heterocycles. The molecule has 0 aromatic carbocycles. The van der Waals surface area contributed by atoms with Crippen LogP contribution in [0.5, 0.6) is 0 Å². The highest BCUT2D eigenvalue weighted by Crippen LogP contribution is 2.21. The van der Waals surface area contributed by atoms with Crippen molar-refractivity contribution in [3.05, 3.63) is 0 Å². The number of likely N-dealkylation sites (tertiary alicyclic amines) is 2. The third kappa shape index (κ3) is 7.01. The summed E-state index contributed by atoms with van der Waals surface area (Å²) >= 11 is 0. The largest absolute Gasteiger partial charge is 0.347 e. The van der Waals surface area contributed by atoms with Gasteiger partial charge in [-0.3, -0.25) is 19.2 Å². The number of hydrogen-bond donors (Lipinski definition) is 2. The first kappa shape index (κ1) is 23.2. The second-order valence-electron chi connectivity index (χ2n) is 9.24. The van der Waals surface area contributed by atoms with E-state index in [-0.39, 0.29) is 34.7 Å². The molecule has 29 heavy (non-hydrogen) atoms. The lowest BCUT2D eigenvalue weighted by molar-refractivity contribution is -0.140. The van der Waals surface area contributed by atoms with E-state index in [1.165, 1.54) is 0 Å². The predicted octanol–water partition coefficient (Wildman–Crippen LogP) is 1.19. The van der Waals surface area contributed by atoms with Gasteiger partial charge in [0.15, 0.2) is 0 Å². The molecule has 2 rings (SSSR count). The number of hydrogen-bond acceptors (Lipinski definition) is 4. The summed E-state index contributed by atoms with van der Waals surface area (Å²) < 4.78 is 0. The number of nitrogens with one attached hydrogen (secondary N) is 2. The first-order valence-electron chi connectivity index (χ1n) is 10.6. The standard InChI is InChI=1S/C21H36N4O4/c1-16(26)24-12-20(3,13-24)22-18(28)10-8-6-5-7-9-11-19(29)23-21(4)14-25(15-21)17(2)27/h5-15H2,1-4H3,(H,22,28)(H,23,29). The van der Waals surface area contributed by atoms with Gasteiger partial charge in [-0.25, -0.2) is 0 Å². The smallest absolute Gasteiger partial charge is 0.220 e. The Morgan fingerprint density at radius 2 is 0.966 bits per heavy atom. The molecule has 0 bridgehead atoms. The maximum Gasteiger partial charge on any atom is 0.220 e. The van der Waals surface area contributed by atoms with Crippen molar-refractivity contribution in [1.82, 2.24) is 20.4 Å². The van der Waals surface area contributed by atoms with Crippen LogP contribution < -0.4 is 10.6 Å². The SMILES string of the molecule is CC(=O)N1CC(C)(NC(=O)CCCCCCCC(=O)NC2(C)CN(C(C)=O)C2)C1. The van der Waals surface area contributed by atoms with Gasteiger partial charge in [0.1, 0.15) is 0 Å². The van der Waals surface area contributed by atoms with Gasteiger partial charge < -0.3 is 20.4 Å². The number of carbonyl (C=O) groups excluding carboxylic acids is 4. The Kier molecular flexibility index (Phi) is 7.66. The Morgan fingerprint density at radius 3 is 1.28 bits per heavy atom. The van der Waals surface area contributed by atoms with Crippen LogP contribution in [0, 0.1) is 0 Å². The van der Waals surface area contributed by atoms with E-state index >= 15 is 0 Å². The maximum atomic E-state index is 12.0. The minimum absolute atomic E-state index is 0.0448. The zero-order valence-electron chi connectivity index (χ0n) is 18.3. The quantitative estimate of drug-likeness (QED) is 0.531. The first-order valence-corrected chi connectivity index (χ1v) is 10.6. The molecule has 0 aliphatic carbocycles. The number of nitrogens with zero attached hydrogens (tertiary/aromatic N) is 2. The molecule has 2 fully saturated rings. The molecule has 2 aliphatic rings. The first-order chi connectivity index (χ1) is 13.5. The fraction of sp³-hybridized carbons (Fsp3) is 0.810. The number of amides is 4. The van der Waals surface area contributed by atoms with Gasteiger partial charge in [-0.2, -0.15) is 0 Å². The Hall–Kier alpha value is -2.12. The van der Waals surface area contributed by atoms with Crippen LogP contribution in [0.1, 0.15) is 72.6 Å². The monoisotopic (exact) mass is 408 g/mol. The molecule has 2 heterocycles. The van der Waals surface area contributed by atoms with Gasteiger partial charge in [0.25, 0.3) is 0 Å². The summed E-state index contributed by atoms with van der Waals surface area (Å²) in [6.45, 7) is 9.36. The fourth-order valence-corrected chi connectivity index (χ4v) is 4.10. The summed E-state index contributed by atoms with van der Waals surface area (Å²) in [5.74, 6) is 0.183. The number of rotatable bonds is 10. The third-order valence-electron chi connectivity index (χ3n) is 5.74. The second-order valence-corrected chi connectivity index (χ2v) is 9.24. The molecular formula is C21H36N4O4. The van der Waals surface area contributed by atoms with Crippen LogP contribution in [0.15, 0.2) is 0 Å². The molecule has 2 saturated heterocycles. The lowest BCUT2D eigenvalue weighted by Crippen LogP contribution is -2.69. The second kappa shape index (κ2) is 9.59. The maximum absolute atomic E-state index is 12.0. The van der Waals surface area contributed by atoms with Gasteiger partial charge in [-0.1, -0.05) is 19.3 Å². The highest BCUT2D eigenvalue weighted by atomic mass is 16.2. The minimum Gasteiger partial charge on any atom is -0.347 e. The van der Waals surface area contributed by atoms with Crippen LogP contribution in [0.4, 0.5) is 0 Å². The average molecular weight is 409 g/mol. The van der Waals surface area contributed by atoms with Crippen LogP contribution in [-0.4, -0.2) is 70.7 Å². The highest BCUT2D eigenvalue weighted by molar-refractivity contribution is 5.79. The zero-order valence-corrected chi connectivity index (χ0v) is 18.3. The third-order valence-corrected chi connectivity index (χ3v) is 5.74. The van der Waals surface area contributed by atoms with Gasteiger partial charge >= 0.3 is 0 Å². The van der Waals surface area contributed by atoms with E-state index < -0.39 is 0 Å². The molecule has 0 spiro atoms. The molecule has 0 unspecified atom stereocenters. The van der Waals surface area contributed by atoms with Gasteiger partial charge in [-0.05, 0) is 26.7 Å². The molecule has 4 amide bonds. The summed E-state index contributed by atoms with van der Waals surface area (Å²) in [4.78, 5) is 50.0. The summed E-state index contributed by atoms with van der Waals surface area (Å²) in [6.07, 6.45) is 5.62. The average Bonchev–Trinajstić information content (AvgIpc) is 2.55. The summed E-state index contributed by atoms with van der Waals surface area (Å²) in [6, 6.07) is 0. The highest BCUT2D eigenvalue weighted by Gasteiger charge is 2.41. The number of unbranched alkanes of at least 4 members (excludes halogenated alkanes) is 4. The van der Waals surface area contributed by atoms with Gasteiger partial charge in [0.2, 0.25) is 23.6 Å². The van der Waals surface area contributed by atoms with E-state index in [2.05, 4.69) is 10.6 Å². The van der Waals surface area contributed by atoms with Crippen LogP contribution in [0.3, 0.4) is 0 Å². The molecule has 0 aromatic rings. The molecule has 0 atom stereocenters. The molecular weight excluding hydrogens is 372 g/mol. The molecule has 164 valence electrons. The molecule has 8 nitrogen and oxygen atoms in total. The van der Waals surface area contributed by atoms with E-state index in [0.717, 1.165) is 32.1 Å². The van der Waals surface area contributed by atoms with Crippen LogP contribution in [-0.2, 0) is 19.2 Å². The lowest BCUT2D eigenvalue weighted by atomic mass is 9.91. The van der Waals surface area contributed by atoms with Crippen molar-refractivity contribution in [2.45, 2.75) is 83.7 Å².